The Labute approximate surface area is 76.2 Å². The van der Waals surface area contributed by atoms with Gasteiger partial charge in [0.2, 0.25) is 0 Å². The third kappa shape index (κ3) is 4.10. The van der Waals surface area contributed by atoms with E-state index in [-0.39, 0.29) is 0 Å². The Morgan fingerprint density at radius 3 is 2.25 bits per heavy atom. The molecule has 1 fully saturated rings. The van der Waals surface area contributed by atoms with E-state index in [0.29, 0.717) is 0 Å². The van der Waals surface area contributed by atoms with Crippen LogP contribution in [0.3, 0.4) is 0 Å². The molecular formula is C11H22O. The molecule has 0 amide bonds. The summed E-state index contributed by atoms with van der Waals surface area (Å²) in [6.07, 6.45) is 9.25. The first-order valence-electron chi connectivity index (χ1n) is 5.30. The number of aliphatic hydroxyl groups is 1. The van der Waals surface area contributed by atoms with E-state index in [1.807, 2.05) is 13.8 Å². The summed E-state index contributed by atoms with van der Waals surface area (Å²) in [6, 6.07) is 0. The zero-order valence-corrected chi connectivity index (χ0v) is 8.47. The Balaban J connectivity index is 2.13. The molecule has 0 spiro atoms. The fourth-order valence-electron chi connectivity index (χ4n) is 2.03. The normalized spacial score (nSPS) is 21.2. The highest BCUT2D eigenvalue weighted by Crippen LogP contribution is 2.29. The topological polar surface area (TPSA) is 20.2 Å². The van der Waals surface area contributed by atoms with Crippen LogP contribution in [-0.4, -0.2) is 10.7 Å². The monoisotopic (exact) mass is 170 g/mol. The fourth-order valence-corrected chi connectivity index (χ4v) is 2.03. The van der Waals surface area contributed by atoms with E-state index in [1.54, 1.807) is 0 Å². The number of rotatable bonds is 3. The standard InChI is InChI=1S/C11H22O/c1-11(2,12)9-8-10-6-4-3-5-7-10/h10,12H,3-9H2,1-2H3. The van der Waals surface area contributed by atoms with Crippen LogP contribution in [0.25, 0.3) is 0 Å². The van der Waals surface area contributed by atoms with Gasteiger partial charge in [-0.3, -0.25) is 0 Å². The van der Waals surface area contributed by atoms with Crippen molar-refractivity contribution in [2.45, 2.75) is 64.4 Å². The summed E-state index contributed by atoms with van der Waals surface area (Å²) in [5, 5.41) is 9.55. The van der Waals surface area contributed by atoms with Gasteiger partial charge < -0.3 is 5.11 Å². The zero-order valence-electron chi connectivity index (χ0n) is 8.47. The lowest BCUT2D eigenvalue weighted by molar-refractivity contribution is 0.0612. The van der Waals surface area contributed by atoms with Crippen LogP contribution in [-0.2, 0) is 0 Å². The quantitative estimate of drug-likeness (QED) is 0.690. The van der Waals surface area contributed by atoms with Gasteiger partial charge in [-0.1, -0.05) is 32.1 Å². The van der Waals surface area contributed by atoms with Gasteiger partial charge in [-0.2, -0.15) is 0 Å². The van der Waals surface area contributed by atoms with Crippen LogP contribution in [0.4, 0.5) is 0 Å². The fraction of sp³-hybridized carbons (Fsp3) is 1.00. The first kappa shape index (κ1) is 10.0. The number of hydrogen-bond acceptors (Lipinski definition) is 1. The Morgan fingerprint density at radius 2 is 1.75 bits per heavy atom. The van der Waals surface area contributed by atoms with Crippen LogP contribution in [0, 0.1) is 5.92 Å². The number of hydrogen-bond donors (Lipinski definition) is 1. The highest BCUT2D eigenvalue weighted by molar-refractivity contribution is 4.71. The Bertz CT molecular complexity index is 117. The van der Waals surface area contributed by atoms with Gasteiger partial charge >= 0.3 is 0 Å². The molecule has 0 aromatic heterocycles. The van der Waals surface area contributed by atoms with E-state index in [9.17, 15) is 5.11 Å². The molecule has 0 aromatic carbocycles. The minimum atomic E-state index is -0.447. The molecule has 0 atom stereocenters. The van der Waals surface area contributed by atoms with Crippen LogP contribution >= 0.6 is 0 Å². The molecule has 1 saturated carbocycles. The molecule has 0 aliphatic heterocycles. The van der Waals surface area contributed by atoms with Gasteiger partial charge in [-0.05, 0) is 32.6 Å². The Hall–Kier alpha value is -0.0400. The van der Waals surface area contributed by atoms with Crippen molar-refractivity contribution >= 4 is 0 Å². The summed E-state index contributed by atoms with van der Waals surface area (Å²) >= 11 is 0. The molecule has 0 heterocycles. The first-order valence-corrected chi connectivity index (χ1v) is 5.30. The minimum Gasteiger partial charge on any atom is -0.390 e. The van der Waals surface area contributed by atoms with Crippen molar-refractivity contribution < 1.29 is 5.11 Å². The van der Waals surface area contributed by atoms with Crippen molar-refractivity contribution in [3.8, 4) is 0 Å². The molecule has 1 nitrogen and oxygen atoms in total. The van der Waals surface area contributed by atoms with Gasteiger partial charge in [0.1, 0.15) is 0 Å². The van der Waals surface area contributed by atoms with Gasteiger partial charge in [0.15, 0.2) is 0 Å². The molecule has 72 valence electrons. The van der Waals surface area contributed by atoms with Gasteiger partial charge in [0, 0.05) is 0 Å². The van der Waals surface area contributed by atoms with Crippen LogP contribution in [0.5, 0.6) is 0 Å². The average molecular weight is 170 g/mol. The molecule has 1 N–H and O–H groups in total. The van der Waals surface area contributed by atoms with Crippen molar-refractivity contribution in [2.24, 2.45) is 5.92 Å². The summed E-state index contributed by atoms with van der Waals surface area (Å²) < 4.78 is 0. The largest absolute Gasteiger partial charge is 0.390 e. The van der Waals surface area contributed by atoms with Crippen molar-refractivity contribution in [3.63, 3.8) is 0 Å². The predicted molar refractivity (Wildman–Crippen MR) is 52.1 cm³/mol. The van der Waals surface area contributed by atoms with E-state index in [2.05, 4.69) is 0 Å². The van der Waals surface area contributed by atoms with Crippen molar-refractivity contribution in [1.82, 2.24) is 0 Å². The lowest BCUT2D eigenvalue weighted by atomic mass is 9.84. The molecule has 0 radical (unpaired) electrons. The smallest absolute Gasteiger partial charge is 0.0591 e. The highest BCUT2D eigenvalue weighted by atomic mass is 16.3. The second kappa shape index (κ2) is 4.27. The zero-order chi connectivity index (χ0) is 9.03. The van der Waals surface area contributed by atoms with Crippen LogP contribution in [0.1, 0.15) is 58.8 Å². The maximum atomic E-state index is 9.55. The lowest BCUT2D eigenvalue weighted by Crippen LogP contribution is -2.20. The van der Waals surface area contributed by atoms with E-state index in [0.717, 1.165) is 12.3 Å². The predicted octanol–water partition coefficient (Wildman–Crippen LogP) is 3.12. The molecule has 0 saturated heterocycles. The van der Waals surface area contributed by atoms with Gasteiger partial charge in [-0.25, -0.2) is 0 Å². The minimum absolute atomic E-state index is 0.447. The average Bonchev–Trinajstić information content (AvgIpc) is 2.02. The van der Waals surface area contributed by atoms with Crippen LogP contribution < -0.4 is 0 Å². The van der Waals surface area contributed by atoms with E-state index < -0.39 is 5.60 Å². The third-order valence-electron chi connectivity index (χ3n) is 2.89. The molecule has 0 unspecified atom stereocenters. The van der Waals surface area contributed by atoms with Crippen LogP contribution in [0.2, 0.25) is 0 Å². The molecule has 1 aliphatic carbocycles. The van der Waals surface area contributed by atoms with Crippen molar-refractivity contribution in [3.05, 3.63) is 0 Å². The summed E-state index contributed by atoms with van der Waals surface area (Å²) in [5.74, 6) is 0.908. The molecule has 1 heteroatoms. The van der Waals surface area contributed by atoms with Gasteiger partial charge in [0.25, 0.3) is 0 Å². The summed E-state index contributed by atoms with van der Waals surface area (Å²) in [6.45, 7) is 3.83. The van der Waals surface area contributed by atoms with Crippen molar-refractivity contribution in [1.29, 1.82) is 0 Å². The maximum Gasteiger partial charge on any atom is 0.0591 e. The molecule has 0 bridgehead atoms. The third-order valence-corrected chi connectivity index (χ3v) is 2.89. The molecule has 0 aromatic rings. The second-order valence-corrected chi connectivity index (χ2v) is 4.86. The Kier molecular flexibility index (Phi) is 3.57. The molecule has 1 rings (SSSR count). The maximum absolute atomic E-state index is 9.55. The summed E-state index contributed by atoms with van der Waals surface area (Å²) in [4.78, 5) is 0. The molecule has 1 aliphatic rings. The van der Waals surface area contributed by atoms with Gasteiger partial charge in [0.05, 0.1) is 5.60 Å². The van der Waals surface area contributed by atoms with E-state index in [4.69, 9.17) is 0 Å². The lowest BCUT2D eigenvalue weighted by Gasteiger charge is -2.25. The Morgan fingerprint density at radius 1 is 1.17 bits per heavy atom. The molecular weight excluding hydrogens is 148 g/mol. The SMILES string of the molecule is CC(C)(O)CCC1CCCCC1. The van der Waals surface area contributed by atoms with E-state index >= 15 is 0 Å². The van der Waals surface area contributed by atoms with E-state index in [1.165, 1.54) is 38.5 Å². The summed E-state index contributed by atoms with van der Waals surface area (Å²) in [5.41, 5.74) is -0.447. The summed E-state index contributed by atoms with van der Waals surface area (Å²) in [7, 11) is 0. The molecule has 12 heavy (non-hydrogen) atoms. The van der Waals surface area contributed by atoms with Crippen LogP contribution in [0.15, 0.2) is 0 Å². The first-order chi connectivity index (χ1) is 5.58. The highest BCUT2D eigenvalue weighted by Gasteiger charge is 2.18. The van der Waals surface area contributed by atoms with Gasteiger partial charge in [-0.15, -0.1) is 0 Å². The second-order valence-electron chi connectivity index (χ2n) is 4.86. The van der Waals surface area contributed by atoms with Crippen molar-refractivity contribution in [2.75, 3.05) is 0 Å².